The normalized spacial score (nSPS) is 10.6. The summed E-state index contributed by atoms with van der Waals surface area (Å²) >= 11 is 0. The highest BCUT2D eigenvalue weighted by Crippen LogP contribution is 2.25. The first-order valence-electron chi connectivity index (χ1n) is 8.72. The van der Waals surface area contributed by atoms with E-state index in [1.807, 2.05) is 54.6 Å². The van der Waals surface area contributed by atoms with Gasteiger partial charge in [-0.05, 0) is 36.4 Å². The first kappa shape index (κ1) is 17.5. The van der Waals surface area contributed by atoms with E-state index in [4.69, 9.17) is 9.15 Å². The molecule has 7 heteroatoms. The third-order valence-electron chi connectivity index (χ3n) is 4.19. The van der Waals surface area contributed by atoms with Gasteiger partial charge < -0.3 is 19.0 Å². The molecule has 2 aromatic carbocycles. The average molecular weight is 374 g/mol. The molecular weight excluding hydrogens is 356 g/mol. The van der Waals surface area contributed by atoms with Gasteiger partial charge in [-0.3, -0.25) is 4.79 Å². The number of carbonyl (C=O) groups is 1. The predicted molar refractivity (Wildman–Crippen MR) is 105 cm³/mol. The molecule has 0 aliphatic rings. The van der Waals surface area contributed by atoms with Gasteiger partial charge in [0.2, 0.25) is 11.8 Å². The number of benzene rings is 2. The third-order valence-corrected chi connectivity index (χ3v) is 4.19. The standard InChI is InChI=1S/C21H18N4O3/c1-27-18-12-6-5-10-16(18)22-19(26)14-25-13-7-11-17(25)21-24-23-20(28-21)15-8-3-2-4-9-15/h2-13H,14H2,1H3,(H,22,26). The van der Waals surface area contributed by atoms with Crippen LogP contribution in [0.3, 0.4) is 0 Å². The minimum absolute atomic E-state index is 0.101. The molecule has 7 nitrogen and oxygen atoms in total. The van der Waals surface area contributed by atoms with E-state index in [9.17, 15) is 4.79 Å². The van der Waals surface area contributed by atoms with Crippen molar-refractivity contribution in [3.63, 3.8) is 0 Å². The van der Waals surface area contributed by atoms with E-state index in [1.54, 1.807) is 30.0 Å². The Morgan fingerprint density at radius 1 is 1.00 bits per heavy atom. The van der Waals surface area contributed by atoms with Crippen molar-refractivity contribution >= 4 is 11.6 Å². The molecule has 2 aromatic heterocycles. The molecule has 1 amide bonds. The molecule has 0 saturated carbocycles. The number of nitrogens with one attached hydrogen (secondary N) is 1. The minimum atomic E-state index is -0.190. The number of rotatable bonds is 6. The van der Waals surface area contributed by atoms with E-state index in [2.05, 4.69) is 15.5 Å². The van der Waals surface area contributed by atoms with Gasteiger partial charge in [-0.25, -0.2) is 0 Å². The van der Waals surface area contributed by atoms with Crippen LogP contribution in [-0.2, 0) is 11.3 Å². The van der Waals surface area contributed by atoms with Crippen LogP contribution < -0.4 is 10.1 Å². The van der Waals surface area contributed by atoms with Crippen LogP contribution in [0.2, 0.25) is 0 Å². The summed E-state index contributed by atoms with van der Waals surface area (Å²) in [5, 5.41) is 11.1. The number of methoxy groups -OCH3 is 1. The smallest absolute Gasteiger partial charge is 0.264 e. The van der Waals surface area contributed by atoms with E-state index in [1.165, 1.54) is 0 Å². The fourth-order valence-corrected chi connectivity index (χ4v) is 2.86. The third kappa shape index (κ3) is 3.64. The van der Waals surface area contributed by atoms with Gasteiger partial charge in [-0.2, -0.15) is 0 Å². The van der Waals surface area contributed by atoms with E-state index in [-0.39, 0.29) is 12.5 Å². The zero-order valence-electron chi connectivity index (χ0n) is 15.2. The summed E-state index contributed by atoms with van der Waals surface area (Å²) in [6, 6.07) is 20.5. The van der Waals surface area contributed by atoms with Crippen LogP contribution in [0.4, 0.5) is 5.69 Å². The Hall–Kier alpha value is -3.87. The van der Waals surface area contributed by atoms with E-state index >= 15 is 0 Å². The summed E-state index contributed by atoms with van der Waals surface area (Å²) < 4.78 is 12.8. The molecule has 1 N–H and O–H groups in total. The quantitative estimate of drug-likeness (QED) is 0.554. The number of hydrogen-bond donors (Lipinski definition) is 1. The van der Waals surface area contributed by atoms with Gasteiger partial charge in [0.1, 0.15) is 18.0 Å². The number of amides is 1. The fraction of sp³-hybridized carbons (Fsp3) is 0.0952. The lowest BCUT2D eigenvalue weighted by atomic mass is 10.2. The summed E-state index contributed by atoms with van der Waals surface area (Å²) in [6.45, 7) is 0.101. The van der Waals surface area contributed by atoms with Crippen molar-refractivity contribution in [2.24, 2.45) is 0 Å². The zero-order chi connectivity index (χ0) is 19.3. The van der Waals surface area contributed by atoms with Crippen LogP contribution in [0.15, 0.2) is 77.3 Å². The van der Waals surface area contributed by atoms with E-state index < -0.39 is 0 Å². The molecule has 0 aliphatic carbocycles. The van der Waals surface area contributed by atoms with Crippen molar-refractivity contribution in [2.75, 3.05) is 12.4 Å². The van der Waals surface area contributed by atoms with Gasteiger partial charge in [0.15, 0.2) is 0 Å². The Balaban J connectivity index is 1.52. The highest BCUT2D eigenvalue weighted by Gasteiger charge is 2.15. The Labute approximate surface area is 161 Å². The molecule has 0 aliphatic heterocycles. The number of hydrogen-bond acceptors (Lipinski definition) is 5. The fourth-order valence-electron chi connectivity index (χ4n) is 2.86. The maximum Gasteiger partial charge on any atom is 0.264 e. The Kier molecular flexibility index (Phi) is 4.88. The van der Waals surface area contributed by atoms with Crippen molar-refractivity contribution in [2.45, 2.75) is 6.54 Å². The summed E-state index contributed by atoms with van der Waals surface area (Å²) in [4.78, 5) is 12.5. The van der Waals surface area contributed by atoms with Crippen LogP contribution in [0, 0.1) is 0 Å². The Morgan fingerprint density at radius 2 is 1.75 bits per heavy atom. The Morgan fingerprint density at radius 3 is 2.57 bits per heavy atom. The number of para-hydroxylation sites is 2. The van der Waals surface area contributed by atoms with Crippen LogP contribution >= 0.6 is 0 Å². The number of carbonyl (C=O) groups excluding carboxylic acids is 1. The van der Waals surface area contributed by atoms with Gasteiger partial charge in [0.05, 0.1) is 12.8 Å². The topological polar surface area (TPSA) is 82.2 Å². The second kappa shape index (κ2) is 7.79. The molecule has 4 rings (SSSR count). The van der Waals surface area contributed by atoms with E-state index in [0.29, 0.717) is 28.9 Å². The molecule has 0 unspecified atom stereocenters. The van der Waals surface area contributed by atoms with Crippen molar-refractivity contribution in [3.8, 4) is 28.8 Å². The summed E-state index contributed by atoms with van der Waals surface area (Å²) in [5.41, 5.74) is 2.13. The molecule has 28 heavy (non-hydrogen) atoms. The maximum atomic E-state index is 12.5. The highest BCUT2D eigenvalue weighted by atomic mass is 16.5. The molecule has 0 fully saturated rings. The van der Waals surface area contributed by atoms with E-state index in [0.717, 1.165) is 5.56 Å². The number of aromatic nitrogens is 3. The lowest BCUT2D eigenvalue weighted by Crippen LogP contribution is -2.19. The van der Waals surface area contributed by atoms with Crippen molar-refractivity contribution in [3.05, 3.63) is 72.9 Å². The molecule has 2 heterocycles. The first-order valence-corrected chi connectivity index (χ1v) is 8.72. The number of nitrogens with zero attached hydrogens (tertiary/aromatic N) is 3. The predicted octanol–water partition coefficient (Wildman–Crippen LogP) is 3.85. The second-order valence-electron chi connectivity index (χ2n) is 6.05. The summed E-state index contributed by atoms with van der Waals surface area (Å²) in [5.74, 6) is 1.20. The minimum Gasteiger partial charge on any atom is -0.495 e. The van der Waals surface area contributed by atoms with Crippen molar-refractivity contribution in [1.82, 2.24) is 14.8 Å². The number of ether oxygens (including phenoxy) is 1. The molecule has 0 bridgehead atoms. The van der Waals surface area contributed by atoms with Gasteiger partial charge in [-0.15, -0.1) is 10.2 Å². The molecule has 0 radical (unpaired) electrons. The van der Waals surface area contributed by atoms with Crippen molar-refractivity contribution < 1.29 is 13.9 Å². The van der Waals surface area contributed by atoms with Crippen LogP contribution in [0.5, 0.6) is 5.75 Å². The Bertz CT molecular complexity index is 1090. The number of anilines is 1. The van der Waals surface area contributed by atoms with Crippen LogP contribution in [0.1, 0.15) is 0 Å². The second-order valence-corrected chi connectivity index (χ2v) is 6.05. The maximum absolute atomic E-state index is 12.5. The molecule has 0 saturated heterocycles. The van der Waals surface area contributed by atoms with Gasteiger partial charge >= 0.3 is 0 Å². The molecule has 140 valence electrons. The molecule has 0 spiro atoms. The van der Waals surface area contributed by atoms with Crippen LogP contribution in [0.25, 0.3) is 23.0 Å². The highest BCUT2D eigenvalue weighted by molar-refractivity contribution is 5.92. The zero-order valence-corrected chi connectivity index (χ0v) is 15.2. The van der Waals surface area contributed by atoms with Gasteiger partial charge in [-0.1, -0.05) is 30.3 Å². The molecule has 0 atom stereocenters. The first-order chi connectivity index (χ1) is 13.7. The SMILES string of the molecule is COc1ccccc1NC(=O)Cn1cccc1-c1nnc(-c2ccccc2)o1. The van der Waals surface area contributed by atoms with Gasteiger partial charge in [0, 0.05) is 11.8 Å². The largest absolute Gasteiger partial charge is 0.495 e. The van der Waals surface area contributed by atoms with Gasteiger partial charge in [0.25, 0.3) is 5.89 Å². The average Bonchev–Trinajstić information content (AvgIpc) is 3.38. The summed E-state index contributed by atoms with van der Waals surface area (Å²) in [6.07, 6.45) is 1.80. The molecule has 4 aromatic rings. The monoisotopic (exact) mass is 374 g/mol. The lowest BCUT2D eigenvalue weighted by Gasteiger charge is -2.11. The lowest BCUT2D eigenvalue weighted by molar-refractivity contribution is -0.116. The summed E-state index contributed by atoms with van der Waals surface area (Å²) in [7, 11) is 1.56. The van der Waals surface area contributed by atoms with Crippen molar-refractivity contribution in [1.29, 1.82) is 0 Å². The molecular formula is C21H18N4O3. The van der Waals surface area contributed by atoms with Crippen LogP contribution in [-0.4, -0.2) is 27.8 Å².